The van der Waals surface area contributed by atoms with Crippen LogP contribution in [-0.4, -0.2) is 42.6 Å². The molecule has 1 aromatic rings. The third-order valence-corrected chi connectivity index (χ3v) is 5.12. The lowest BCUT2D eigenvalue weighted by atomic mass is 10.0. The number of nitrogens with zero attached hydrogens (tertiary/aromatic N) is 1. The zero-order valence-electron chi connectivity index (χ0n) is 13.4. The van der Waals surface area contributed by atoms with E-state index in [0.29, 0.717) is 6.04 Å². The Hall–Kier alpha value is -1.26. The van der Waals surface area contributed by atoms with E-state index in [1.54, 1.807) is 0 Å². The summed E-state index contributed by atoms with van der Waals surface area (Å²) in [4.78, 5) is 14.6. The number of carbonyl (C=O) groups excluding carboxylic acids is 1. The number of para-hydroxylation sites is 1. The first kappa shape index (κ1) is 16.6. The molecule has 126 valence electrons. The Balaban J connectivity index is 0.00000156. The summed E-state index contributed by atoms with van der Waals surface area (Å²) in [7, 11) is 0. The van der Waals surface area contributed by atoms with Crippen molar-refractivity contribution in [2.24, 2.45) is 5.92 Å². The number of amides is 1. The van der Waals surface area contributed by atoms with Gasteiger partial charge in [-0.15, -0.1) is 12.4 Å². The van der Waals surface area contributed by atoms with E-state index in [2.05, 4.69) is 11.4 Å². The molecule has 0 aromatic heterocycles. The molecule has 2 fully saturated rings. The number of hydrogen-bond acceptors (Lipinski definition) is 3. The van der Waals surface area contributed by atoms with E-state index in [4.69, 9.17) is 4.74 Å². The second-order valence-electron chi connectivity index (χ2n) is 6.87. The van der Waals surface area contributed by atoms with Crippen molar-refractivity contribution < 1.29 is 9.53 Å². The Morgan fingerprint density at radius 1 is 1.17 bits per heavy atom. The van der Waals surface area contributed by atoms with E-state index in [1.807, 2.05) is 23.1 Å². The Morgan fingerprint density at radius 3 is 2.61 bits per heavy atom. The number of benzene rings is 1. The van der Waals surface area contributed by atoms with Crippen molar-refractivity contribution in [3.63, 3.8) is 0 Å². The highest BCUT2D eigenvalue weighted by Crippen LogP contribution is 2.30. The highest BCUT2D eigenvalue weighted by Gasteiger charge is 2.34. The molecule has 0 radical (unpaired) electrons. The van der Waals surface area contributed by atoms with Gasteiger partial charge in [0.05, 0.1) is 0 Å². The number of rotatable bonds is 4. The van der Waals surface area contributed by atoms with Crippen LogP contribution in [0.15, 0.2) is 24.3 Å². The Bertz CT molecular complexity index is 529. The van der Waals surface area contributed by atoms with E-state index in [-0.39, 0.29) is 24.4 Å². The van der Waals surface area contributed by atoms with Crippen LogP contribution in [0.25, 0.3) is 0 Å². The summed E-state index contributed by atoms with van der Waals surface area (Å²) < 4.78 is 5.83. The summed E-state index contributed by atoms with van der Waals surface area (Å²) in [5.74, 6) is 1.96. The van der Waals surface area contributed by atoms with E-state index >= 15 is 0 Å². The molecule has 2 heterocycles. The molecule has 1 unspecified atom stereocenters. The quantitative estimate of drug-likeness (QED) is 0.918. The molecule has 1 amide bonds. The van der Waals surface area contributed by atoms with Crippen molar-refractivity contribution in [2.75, 3.05) is 19.6 Å². The van der Waals surface area contributed by atoms with E-state index in [1.165, 1.54) is 19.4 Å². The summed E-state index contributed by atoms with van der Waals surface area (Å²) in [6.07, 6.45) is 5.33. The van der Waals surface area contributed by atoms with Gasteiger partial charge in [0.25, 0.3) is 5.91 Å². The summed E-state index contributed by atoms with van der Waals surface area (Å²) in [6, 6.07) is 8.56. The average Bonchev–Trinajstić information content (AvgIpc) is 3.29. The highest BCUT2D eigenvalue weighted by molar-refractivity contribution is 5.85. The summed E-state index contributed by atoms with van der Waals surface area (Å²) in [6.45, 7) is 2.88. The average molecular weight is 337 g/mol. The molecule has 5 heteroatoms. The molecule has 4 nitrogen and oxygen atoms in total. The van der Waals surface area contributed by atoms with Gasteiger partial charge in [0.1, 0.15) is 5.75 Å². The van der Waals surface area contributed by atoms with Gasteiger partial charge < -0.3 is 15.0 Å². The molecule has 3 aliphatic rings. The summed E-state index contributed by atoms with van der Waals surface area (Å²) >= 11 is 0. The van der Waals surface area contributed by atoms with Gasteiger partial charge in [-0.3, -0.25) is 4.79 Å². The maximum absolute atomic E-state index is 12.6. The van der Waals surface area contributed by atoms with E-state index in [9.17, 15) is 4.79 Å². The number of piperidine rings is 1. The van der Waals surface area contributed by atoms with Gasteiger partial charge in [0.2, 0.25) is 0 Å². The standard InChI is InChI=1S/C18H24N2O2.ClH/c21-18(17-11-14-3-1-2-4-16(14)22-17)20-9-7-15(8-10-20)19-12-13-5-6-13;/h1-4,13,15,17,19H,5-12H2;1H. The first-order valence-electron chi connectivity index (χ1n) is 8.56. The van der Waals surface area contributed by atoms with Crippen LogP contribution in [-0.2, 0) is 11.2 Å². The third-order valence-electron chi connectivity index (χ3n) is 5.12. The minimum Gasteiger partial charge on any atom is -0.480 e. The fourth-order valence-corrected chi connectivity index (χ4v) is 3.48. The van der Waals surface area contributed by atoms with Gasteiger partial charge in [-0.05, 0) is 49.8 Å². The second kappa shape index (κ2) is 7.10. The summed E-state index contributed by atoms with van der Waals surface area (Å²) in [5.41, 5.74) is 1.15. The van der Waals surface area contributed by atoms with E-state index in [0.717, 1.165) is 49.6 Å². The van der Waals surface area contributed by atoms with Crippen LogP contribution in [0.1, 0.15) is 31.2 Å². The fourth-order valence-electron chi connectivity index (χ4n) is 3.48. The molecule has 2 aliphatic heterocycles. The molecule has 1 aromatic carbocycles. The Labute approximate surface area is 144 Å². The largest absolute Gasteiger partial charge is 0.480 e. The minimum absolute atomic E-state index is 0. The smallest absolute Gasteiger partial charge is 0.263 e. The molecule has 4 rings (SSSR count). The third kappa shape index (κ3) is 3.81. The van der Waals surface area contributed by atoms with Crippen molar-refractivity contribution in [2.45, 2.75) is 44.2 Å². The molecule has 1 saturated carbocycles. The van der Waals surface area contributed by atoms with Crippen LogP contribution in [0, 0.1) is 5.92 Å². The molecule has 0 bridgehead atoms. The van der Waals surface area contributed by atoms with Gasteiger partial charge in [0, 0.05) is 25.6 Å². The normalized spacial score (nSPS) is 23.8. The second-order valence-corrected chi connectivity index (χ2v) is 6.87. The first-order chi connectivity index (χ1) is 10.8. The number of hydrogen-bond donors (Lipinski definition) is 1. The van der Waals surface area contributed by atoms with Crippen molar-refractivity contribution in [3.05, 3.63) is 29.8 Å². The Morgan fingerprint density at radius 2 is 1.91 bits per heavy atom. The van der Waals surface area contributed by atoms with Crippen LogP contribution in [0.4, 0.5) is 0 Å². The lowest BCUT2D eigenvalue weighted by Gasteiger charge is -2.33. The number of fused-ring (bicyclic) bond motifs is 1. The Kier molecular flexibility index (Phi) is 5.12. The lowest BCUT2D eigenvalue weighted by Crippen LogP contribution is -2.49. The van der Waals surface area contributed by atoms with Crippen LogP contribution in [0.3, 0.4) is 0 Å². The zero-order chi connectivity index (χ0) is 14.9. The van der Waals surface area contributed by atoms with Gasteiger partial charge in [-0.2, -0.15) is 0 Å². The van der Waals surface area contributed by atoms with Crippen LogP contribution >= 0.6 is 12.4 Å². The summed E-state index contributed by atoms with van der Waals surface area (Å²) in [5, 5.41) is 3.66. The molecule has 1 N–H and O–H groups in total. The molecule has 1 atom stereocenters. The molecule has 0 spiro atoms. The first-order valence-corrected chi connectivity index (χ1v) is 8.56. The fraction of sp³-hybridized carbons (Fsp3) is 0.611. The maximum atomic E-state index is 12.6. The predicted octanol–water partition coefficient (Wildman–Crippen LogP) is 2.40. The van der Waals surface area contributed by atoms with Crippen molar-refractivity contribution in [1.82, 2.24) is 10.2 Å². The van der Waals surface area contributed by atoms with Gasteiger partial charge in [-0.1, -0.05) is 18.2 Å². The number of nitrogens with one attached hydrogen (secondary N) is 1. The molecule has 23 heavy (non-hydrogen) atoms. The van der Waals surface area contributed by atoms with Crippen molar-refractivity contribution in [1.29, 1.82) is 0 Å². The van der Waals surface area contributed by atoms with Crippen LogP contribution in [0.2, 0.25) is 0 Å². The van der Waals surface area contributed by atoms with Gasteiger partial charge >= 0.3 is 0 Å². The van der Waals surface area contributed by atoms with Crippen LogP contribution < -0.4 is 10.1 Å². The van der Waals surface area contributed by atoms with Crippen LogP contribution in [0.5, 0.6) is 5.75 Å². The maximum Gasteiger partial charge on any atom is 0.263 e. The topological polar surface area (TPSA) is 41.6 Å². The number of likely N-dealkylation sites (tertiary alicyclic amines) is 1. The lowest BCUT2D eigenvalue weighted by molar-refractivity contribution is -0.139. The zero-order valence-corrected chi connectivity index (χ0v) is 14.2. The number of ether oxygens (including phenoxy) is 1. The molecular formula is C18H25ClN2O2. The minimum atomic E-state index is -0.312. The molecule has 1 aliphatic carbocycles. The van der Waals surface area contributed by atoms with Gasteiger partial charge in [0.15, 0.2) is 6.10 Å². The van der Waals surface area contributed by atoms with Crippen molar-refractivity contribution in [3.8, 4) is 5.75 Å². The highest BCUT2D eigenvalue weighted by atomic mass is 35.5. The molecular weight excluding hydrogens is 312 g/mol. The monoisotopic (exact) mass is 336 g/mol. The number of carbonyl (C=O) groups is 1. The van der Waals surface area contributed by atoms with Crippen molar-refractivity contribution >= 4 is 18.3 Å². The predicted molar refractivity (Wildman–Crippen MR) is 92.1 cm³/mol. The molecule has 1 saturated heterocycles. The van der Waals surface area contributed by atoms with E-state index < -0.39 is 0 Å². The van der Waals surface area contributed by atoms with Gasteiger partial charge in [-0.25, -0.2) is 0 Å². The SMILES string of the molecule is Cl.O=C(C1Cc2ccccc2O1)N1CCC(NCC2CC2)CC1. The number of halogens is 1.